The van der Waals surface area contributed by atoms with E-state index in [1.807, 2.05) is 47.4 Å². The van der Waals surface area contributed by atoms with E-state index in [2.05, 4.69) is 24.4 Å². The molecule has 134 valence electrons. The molecule has 3 rings (SSSR count). The molecular weight excluding hydrogens is 324 g/mol. The van der Waals surface area contributed by atoms with Crippen LogP contribution in [0.4, 0.5) is 5.69 Å². The summed E-state index contributed by atoms with van der Waals surface area (Å²) in [6.45, 7) is 3.48. The first-order valence-corrected chi connectivity index (χ1v) is 9.05. The molecule has 4 nitrogen and oxygen atoms in total. The third-order valence-corrected chi connectivity index (χ3v) is 4.66. The predicted molar refractivity (Wildman–Crippen MR) is 105 cm³/mol. The van der Waals surface area contributed by atoms with Gasteiger partial charge in [-0.25, -0.2) is 0 Å². The molecule has 1 atom stereocenters. The van der Waals surface area contributed by atoms with Crippen molar-refractivity contribution in [3.05, 3.63) is 71.8 Å². The van der Waals surface area contributed by atoms with Crippen molar-refractivity contribution < 1.29 is 9.59 Å². The lowest BCUT2D eigenvalue weighted by Gasteiger charge is -2.15. The van der Waals surface area contributed by atoms with Gasteiger partial charge in [0.1, 0.15) is 0 Å². The topological polar surface area (TPSA) is 49.4 Å². The molecule has 0 spiro atoms. The Balaban J connectivity index is 1.51. The van der Waals surface area contributed by atoms with Gasteiger partial charge in [0.05, 0.1) is 0 Å². The molecule has 1 fully saturated rings. The number of carbonyl (C=O) groups is 2. The maximum Gasteiger partial charge on any atom is 0.244 e. The van der Waals surface area contributed by atoms with Gasteiger partial charge in [-0.2, -0.15) is 0 Å². The van der Waals surface area contributed by atoms with Crippen molar-refractivity contribution in [3.63, 3.8) is 0 Å². The van der Waals surface area contributed by atoms with E-state index in [0.29, 0.717) is 13.0 Å². The quantitative estimate of drug-likeness (QED) is 0.809. The second kappa shape index (κ2) is 8.48. The maximum absolute atomic E-state index is 12.0. The van der Waals surface area contributed by atoms with E-state index in [1.54, 1.807) is 12.2 Å². The van der Waals surface area contributed by atoms with Gasteiger partial charge in [-0.1, -0.05) is 49.4 Å². The number of nitrogens with one attached hydrogen (secondary N) is 1. The third-order valence-electron chi connectivity index (χ3n) is 4.66. The highest BCUT2D eigenvalue weighted by atomic mass is 16.2. The Morgan fingerprint density at radius 2 is 1.88 bits per heavy atom. The Labute approximate surface area is 154 Å². The van der Waals surface area contributed by atoms with Crippen molar-refractivity contribution in [2.45, 2.75) is 25.7 Å². The van der Waals surface area contributed by atoms with Gasteiger partial charge in [0.15, 0.2) is 0 Å². The first-order chi connectivity index (χ1) is 12.6. The summed E-state index contributed by atoms with van der Waals surface area (Å²) in [5, 5.41) is 2.93. The standard InChI is InChI=1S/C22H24N2O2/c1-17(19-6-3-2-4-7-19)16-23-21(25)14-11-18-9-12-20(13-10-18)24-15-5-8-22(24)26/h2-4,6-7,9-14,17H,5,8,15-16H2,1H3,(H,23,25)/b14-11+. The van der Waals surface area contributed by atoms with Crippen LogP contribution in [0.15, 0.2) is 60.7 Å². The average Bonchev–Trinajstić information content (AvgIpc) is 3.11. The van der Waals surface area contributed by atoms with Crippen LogP contribution in [0.25, 0.3) is 6.08 Å². The molecule has 1 unspecified atom stereocenters. The molecule has 0 saturated carbocycles. The summed E-state index contributed by atoms with van der Waals surface area (Å²) < 4.78 is 0. The van der Waals surface area contributed by atoms with E-state index >= 15 is 0 Å². The summed E-state index contributed by atoms with van der Waals surface area (Å²) in [7, 11) is 0. The monoisotopic (exact) mass is 348 g/mol. The zero-order valence-electron chi connectivity index (χ0n) is 15.0. The van der Waals surface area contributed by atoms with Crippen molar-refractivity contribution >= 4 is 23.6 Å². The molecule has 1 heterocycles. The van der Waals surface area contributed by atoms with Gasteiger partial charge in [-0.05, 0) is 41.7 Å². The Kier molecular flexibility index (Phi) is 5.84. The van der Waals surface area contributed by atoms with E-state index in [0.717, 1.165) is 24.2 Å². The van der Waals surface area contributed by atoms with Gasteiger partial charge < -0.3 is 10.2 Å². The van der Waals surface area contributed by atoms with Gasteiger partial charge in [0.25, 0.3) is 0 Å². The van der Waals surface area contributed by atoms with Crippen LogP contribution >= 0.6 is 0 Å². The van der Waals surface area contributed by atoms with Gasteiger partial charge in [0.2, 0.25) is 11.8 Å². The van der Waals surface area contributed by atoms with Crippen LogP contribution in [0, 0.1) is 0 Å². The molecule has 1 saturated heterocycles. The summed E-state index contributed by atoms with van der Waals surface area (Å²) in [4.78, 5) is 25.6. The van der Waals surface area contributed by atoms with Crippen LogP contribution in [0.2, 0.25) is 0 Å². The number of nitrogens with zero attached hydrogens (tertiary/aromatic N) is 1. The lowest BCUT2D eigenvalue weighted by Crippen LogP contribution is -2.25. The van der Waals surface area contributed by atoms with Crippen molar-refractivity contribution in [2.24, 2.45) is 0 Å². The highest BCUT2D eigenvalue weighted by Crippen LogP contribution is 2.21. The Morgan fingerprint density at radius 3 is 2.54 bits per heavy atom. The van der Waals surface area contributed by atoms with Crippen LogP contribution in [0.1, 0.15) is 36.8 Å². The van der Waals surface area contributed by atoms with Gasteiger partial charge >= 0.3 is 0 Å². The summed E-state index contributed by atoms with van der Waals surface area (Å²) in [6, 6.07) is 17.9. The second-order valence-corrected chi connectivity index (χ2v) is 6.63. The van der Waals surface area contributed by atoms with Crippen LogP contribution in [0.3, 0.4) is 0 Å². The number of benzene rings is 2. The minimum atomic E-state index is -0.105. The third kappa shape index (κ3) is 4.60. The lowest BCUT2D eigenvalue weighted by atomic mass is 10.0. The number of hydrogen-bond acceptors (Lipinski definition) is 2. The predicted octanol–water partition coefficient (Wildman–Crippen LogP) is 3.75. The second-order valence-electron chi connectivity index (χ2n) is 6.63. The molecule has 4 heteroatoms. The molecule has 1 aliphatic rings. The van der Waals surface area contributed by atoms with Crippen molar-refractivity contribution in [1.82, 2.24) is 5.32 Å². The molecule has 0 aromatic heterocycles. The van der Waals surface area contributed by atoms with Gasteiger partial charge in [-0.3, -0.25) is 9.59 Å². The van der Waals surface area contributed by atoms with Crippen LogP contribution < -0.4 is 10.2 Å². The van der Waals surface area contributed by atoms with Gasteiger partial charge in [0, 0.05) is 31.3 Å². The smallest absolute Gasteiger partial charge is 0.244 e. The zero-order valence-corrected chi connectivity index (χ0v) is 15.0. The molecule has 0 aliphatic carbocycles. The number of rotatable bonds is 6. The molecule has 1 N–H and O–H groups in total. The first-order valence-electron chi connectivity index (χ1n) is 9.05. The van der Waals surface area contributed by atoms with Crippen molar-refractivity contribution in [1.29, 1.82) is 0 Å². The summed E-state index contributed by atoms with van der Waals surface area (Å²) in [5.74, 6) is 0.345. The molecule has 2 amide bonds. The largest absolute Gasteiger partial charge is 0.352 e. The fourth-order valence-electron chi connectivity index (χ4n) is 3.07. The van der Waals surface area contributed by atoms with Crippen LogP contribution in [0.5, 0.6) is 0 Å². The van der Waals surface area contributed by atoms with Crippen molar-refractivity contribution in [3.8, 4) is 0 Å². The molecule has 0 radical (unpaired) electrons. The summed E-state index contributed by atoms with van der Waals surface area (Å²) in [5.41, 5.74) is 3.07. The SMILES string of the molecule is CC(CNC(=O)/C=C/c1ccc(N2CCCC2=O)cc1)c1ccccc1. The normalized spacial score (nSPS) is 15.4. The Morgan fingerprint density at radius 1 is 1.15 bits per heavy atom. The Hall–Kier alpha value is -2.88. The minimum absolute atomic E-state index is 0.105. The molecule has 2 aromatic rings. The number of anilines is 1. The summed E-state index contributed by atoms with van der Waals surface area (Å²) >= 11 is 0. The van der Waals surface area contributed by atoms with Crippen LogP contribution in [-0.4, -0.2) is 24.9 Å². The fraction of sp³-hybridized carbons (Fsp3) is 0.273. The first kappa shape index (κ1) is 17.9. The summed E-state index contributed by atoms with van der Waals surface area (Å²) in [6.07, 6.45) is 4.89. The molecule has 1 aliphatic heterocycles. The molecule has 0 bridgehead atoms. The van der Waals surface area contributed by atoms with E-state index in [9.17, 15) is 9.59 Å². The Bertz CT molecular complexity index is 782. The molecular formula is C22H24N2O2. The minimum Gasteiger partial charge on any atom is -0.352 e. The number of amides is 2. The van der Waals surface area contributed by atoms with Gasteiger partial charge in [-0.15, -0.1) is 0 Å². The molecule has 26 heavy (non-hydrogen) atoms. The number of hydrogen-bond donors (Lipinski definition) is 1. The highest BCUT2D eigenvalue weighted by molar-refractivity contribution is 5.95. The lowest BCUT2D eigenvalue weighted by molar-refractivity contribution is -0.117. The fourth-order valence-corrected chi connectivity index (χ4v) is 3.07. The van der Waals surface area contributed by atoms with E-state index < -0.39 is 0 Å². The maximum atomic E-state index is 12.0. The highest BCUT2D eigenvalue weighted by Gasteiger charge is 2.21. The zero-order chi connectivity index (χ0) is 18.4. The van der Waals surface area contributed by atoms with Crippen LogP contribution in [-0.2, 0) is 9.59 Å². The van der Waals surface area contributed by atoms with E-state index in [4.69, 9.17) is 0 Å². The van der Waals surface area contributed by atoms with E-state index in [-0.39, 0.29) is 17.7 Å². The number of carbonyl (C=O) groups excluding carboxylic acids is 2. The van der Waals surface area contributed by atoms with Crippen molar-refractivity contribution in [2.75, 3.05) is 18.0 Å². The van der Waals surface area contributed by atoms with E-state index in [1.165, 1.54) is 5.56 Å². The average molecular weight is 348 g/mol. The molecule has 2 aromatic carbocycles.